The molecule has 0 saturated carbocycles. The molecule has 1 aliphatic rings. The first-order chi connectivity index (χ1) is 25.2. The number of hydrogen-bond acceptors (Lipinski definition) is 8. The maximum atomic E-state index is 14.2. The Bertz CT molecular complexity index is 1500. The molecular weight excluding hydrogens is 672 g/mol. The van der Waals surface area contributed by atoms with Gasteiger partial charge in [0.05, 0.1) is 42.7 Å². The second-order valence-electron chi connectivity index (χ2n) is 15.4. The predicted molar refractivity (Wildman–Crippen MR) is 209 cm³/mol. The molecule has 12 nitrogen and oxygen atoms in total. The van der Waals surface area contributed by atoms with E-state index in [9.17, 15) is 19.2 Å². The standard InChI is InChI=1S/C41H66N6O6/c1-12-27(6)37(46(9)41(51)36(26(4)5)45-40(50)35(42-8)25(2)3)33(52-10)23-34(48)47-22-14-17-32(47)38(53-11)28(7)39(49)44-21-18-29-15-13-16-30-24-43-20-19-31(29)30/h13,15-16,19-20,24-28,32-33,35-38,42H,12,14,17-18,21-23H2,1-11H3,(H,44,49)(H,45,50)/t27-,28+,32-,33+,35?,36-,37?,38+/m0/s1. The number of likely N-dealkylation sites (N-methyl/N-ethyl adjacent to an activating group) is 2. The average Bonchev–Trinajstić information content (AvgIpc) is 3.63. The minimum atomic E-state index is -0.746. The summed E-state index contributed by atoms with van der Waals surface area (Å²) in [5.74, 6) is -1.28. The third-order valence-electron chi connectivity index (χ3n) is 11.2. The normalized spacial score (nSPS) is 18.7. The van der Waals surface area contributed by atoms with E-state index < -0.39 is 36.3 Å². The molecule has 2 heterocycles. The summed E-state index contributed by atoms with van der Waals surface area (Å²) in [7, 11) is 6.66. The number of hydrogen-bond donors (Lipinski definition) is 3. The second-order valence-corrected chi connectivity index (χ2v) is 15.4. The number of pyridine rings is 1. The van der Waals surface area contributed by atoms with Crippen LogP contribution in [0.1, 0.15) is 79.7 Å². The fraction of sp³-hybridized carbons (Fsp3) is 0.683. The van der Waals surface area contributed by atoms with Crippen LogP contribution in [0.25, 0.3) is 10.8 Å². The lowest BCUT2D eigenvalue weighted by molar-refractivity contribution is -0.147. The zero-order valence-electron chi connectivity index (χ0n) is 34.0. The van der Waals surface area contributed by atoms with Gasteiger partial charge in [0.15, 0.2) is 0 Å². The molecular formula is C41H66N6O6. The molecule has 0 aliphatic carbocycles. The second kappa shape index (κ2) is 20.7. The van der Waals surface area contributed by atoms with E-state index in [-0.39, 0.29) is 53.8 Å². The van der Waals surface area contributed by atoms with Crippen molar-refractivity contribution in [2.75, 3.05) is 41.4 Å². The van der Waals surface area contributed by atoms with Crippen molar-refractivity contribution >= 4 is 34.4 Å². The lowest BCUT2D eigenvalue weighted by Crippen LogP contribution is -2.59. The van der Waals surface area contributed by atoms with Crippen LogP contribution in [0.15, 0.2) is 36.7 Å². The maximum Gasteiger partial charge on any atom is 0.245 e. The number of ether oxygens (including phenoxy) is 2. The van der Waals surface area contributed by atoms with Crippen molar-refractivity contribution in [3.63, 3.8) is 0 Å². The fourth-order valence-electron chi connectivity index (χ4n) is 7.94. The van der Waals surface area contributed by atoms with E-state index in [0.717, 1.165) is 35.6 Å². The van der Waals surface area contributed by atoms with Gasteiger partial charge < -0.3 is 35.2 Å². The van der Waals surface area contributed by atoms with Gasteiger partial charge in [0, 0.05) is 52.1 Å². The van der Waals surface area contributed by atoms with E-state index >= 15 is 0 Å². The maximum absolute atomic E-state index is 14.2. The summed E-state index contributed by atoms with van der Waals surface area (Å²) >= 11 is 0. The number of benzene rings is 1. The van der Waals surface area contributed by atoms with E-state index in [1.807, 2.05) is 63.9 Å². The highest BCUT2D eigenvalue weighted by Gasteiger charge is 2.43. The Morgan fingerprint density at radius 3 is 2.28 bits per heavy atom. The van der Waals surface area contributed by atoms with Crippen LogP contribution in [-0.2, 0) is 35.1 Å². The highest BCUT2D eigenvalue weighted by molar-refractivity contribution is 5.90. The highest BCUT2D eigenvalue weighted by Crippen LogP contribution is 2.30. The molecule has 8 atom stereocenters. The average molecular weight is 739 g/mol. The first-order valence-electron chi connectivity index (χ1n) is 19.4. The van der Waals surface area contributed by atoms with Crippen LogP contribution in [-0.4, -0.2) is 116 Å². The molecule has 3 N–H and O–H groups in total. The van der Waals surface area contributed by atoms with E-state index in [0.29, 0.717) is 19.5 Å². The summed E-state index contributed by atoms with van der Waals surface area (Å²) in [6.45, 7) is 14.7. The number of likely N-dealkylation sites (tertiary alicyclic amines) is 1. The Hall–Kier alpha value is -3.61. The SMILES string of the molecule is CC[C@H](C)C([C@@H](CC(=O)N1CCC[C@H]1[C@H](OC)[C@@H](C)C(=O)NCCc1cccc2cnccc12)OC)N(C)C(=O)[C@@H](NC(=O)C(NC)C(C)C)C(C)C. The Labute approximate surface area is 317 Å². The molecule has 12 heteroatoms. The van der Waals surface area contributed by atoms with Crippen LogP contribution >= 0.6 is 0 Å². The zero-order valence-corrected chi connectivity index (χ0v) is 34.0. The largest absolute Gasteiger partial charge is 0.379 e. The van der Waals surface area contributed by atoms with Gasteiger partial charge in [-0.2, -0.15) is 0 Å². The van der Waals surface area contributed by atoms with Gasteiger partial charge in [-0.1, -0.05) is 73.1 Å². The summed E-state index contributed by atoms with van der Waals surface area (Å²) in [5.41, 5.74) is 1.14. The topological polar surface area (TPSA) is 142 Å². The highest BCUT2D eigenvalue weighted by atomic mass is 16.5. The van der Waals surface area contributed by atoms with Gasteiger partial charge in [0.1, 0.15) is 6.04 Å². The Kier molecular flexibility index (Phi) is 17.1. The third-order valence-corrected chi connectivity index (χ3v) is 11.2. The van der Waals surface area contributed by atoms with Crippen molar-refractivity contribution in [1.82, 2.24) is 30.7 Å². The summed E-state index contributed by atoms with van der Waals surface area (Å²) in [5, 5.41) is 11.3. The monoisotopic (exact) mass is 739 g/mol. The van der Waals surface area contributed by atoms with Gasteiger partial charge in [-0.05, 0) is 61.1 Å². The van der Waals surface area contributed by atoms with E-state index in [4.69, 9.17) is 9.47 Å². The van der Waals surface area contributed by atoms with Gasteiger partial charge in [0.25, 0.3) is 0 Å². The van der Waals surface area contributed by atoms with Crippen molar-refractivity contribution in [1.29, 1.82) is 0 Å². The summed E-state index contributed by atoms with van der Waals surface area (Å²) in [4.78, 5) is 62.7. The molecule has 1 fully saturated rings. The molecule has 1 aliphatic heterocycles. The summed E-state index contributed by atoms with van der Waals surface area (Å²) in [6, 6.07) is 6.21. The molecule has 2 unspecified atom stereocenters. The molecule has 2 aromatic rings. The van der Waals surface area contributed by atoms with Gasteiger partial charge in [-0.25, -0.2) is 0 Å². The number of carbonyl (C=O) groups is 4. The van der Waals surface area contributed by atoms with Crippen LogP contribution in [0, 0.1) is 23.7 Å². The molecule has 0 bridgehead atoms. The van der Waals surface area contributed by atoms with Gasteiger partial charge in [-0.3, -0.25) is 24.2 Å². The molecule has 296 valence electrons. The number of fused-ring (bicyclic) bond motifs is 1. The molecule has 1 aromatic carbocycles. The number of amides is 4. The van der Waals surface area contributed by atoms with Crippen molar-refractivity contribution in [2.24, 2.45) is 23.7 Å². The Morgan fingerprint density at radius 2 is 1.68 bits per heavy atom. The molecule has 0 radical (unpaired) electrons. The number of aromatic nitrogens is 1. The van der Waals surface area contributed by atoms with Crippen LogP contribution in [0.3, 0.4) is 0 Å². The van der Waals surface area contributed by atoms with Crippen molar-refractivity contribution < 1.29 is 28.7 Å². The molecule has 4 amide bonds. The number of nitrogens with one attached hydrogen (secondary N) is 3. The Morgan fingerprint density at radius 1 is 0.981 bits per heavy atom. The van der Waals surface area contributed by atoms with Gasteiger partial charge >= 0.3 is 0 Å². The number of nitrogens with zero attached hydrogens (tertiary/aromatic N) is 3. The zero-order chi connectivity index (χ0) is 39.4. The number of carbonyl (C=O) groups excluding carboxylic acids is 4. The van der Waals surface area contributed by atoms with Crippen LogP contribution in [0.2, 0.25) is 0 Å². The molecule has 1 aromatic heterocycles. The van der Waals surface area contributed by atoms with Crippen LogP contribution < -0.4 is 16.0 Å². The quantitative estimate of drug-likeness (QED) is 0.184. The van der Waals surface area contributed by atoms with E-state index in [2.05, 4.69) is 40.8 Å². The minimum Gasteiger partial charge on any atom is -0.379 e. The minimum absolute atomic E-state index is 0.00120. The smallest absolute Gasteiger partial charge is 0.245 e. The van der Waals surface area contributed by atoms with Crippen LogP contribution in [0.5, 0.6) is 0 Å². The number of rotatable bonds is 20. The fourth-order valence-corrected chi connectivity index (χ4v) is 7.94. The summed E-state index contributed by atoms with van der Waals surface area (Å²) < 4.78 is 12.0. The van der Waals surface area contributed by atoms with E-state index in [1.54, 1.807) is 39.4 Å². The molecule has 0 spiro atoms. The first-order valence-corrected chi connectivity index (χ1v) is 19.4. The molecule has 53 heavy (non-hydrogen) atoms. The lowest BCUT2D eigenvalue weighted by atomic mass is 9.89. The van der Waals surface area contributed by atoms with Crippen molar-refractivity contribution in [3.8, 4) is 0 Å². The van der Waals surface area contributed by atoms with Crippen LogP contribution in [0.4, 0.5) is 0 Å². The molecule has 1 saturated heterocycles. The number of methoxy groups -OCH3 is 2. The van der Waals surface area contributed by atoms with Gasteiger partial charge in [0.2, 0.25) is 23.6 Å². The predicted octanol–water partition coefficient (Wildman–Crippen LogP) is 4.20. The van der Waals surface area contributed by atoms with E-state index in [1.165, 1.54) is 0 Å². The first kappa shape index (κ1) is 43.8. The third kappa shape index (κ3) is 11.0. The molecule has 3 rings (SSSR count). The lowest BCUT2D eigenvalue weighted by Gasteiger charge is -2.41. The van der Waals surface area contributed by atoms with Gasteiger partial charge in [-0.15, -0.1) is 0 Å². The Balaban J connectivity index is 1.72. The van der Waals surface area contributed by atoms with Crippen molar-refractivity contribution in [3.05, 3.63) is 42.2 Å². The summed E-state index contributed by atoms with van der Waals surface area (Å²) in [6.07, 6.45) is 5.54. The van der Waals surface area contributed by atoms with Crippen molar-refractivity contribution in [2.45, 2.75) is 117 Å².